The van der Waals surface area contributed by atoms with Crippen LogP contribution in [0.2, 0.25) is 10.0 Å². The second kappa shape index (κ2) is 12.6. The van der Waals surface area contributed by atoms with E-state index >= 15 is 0 Å². The van der Waals surface area contributed by atoms with Crippen LogP contribution >= 0.6 is 39.1 Å². The van der Waals surface area contributed by atoms with E-state index in [0.29, 0.717) is 16.3 Å². The molecule has 2 amide bonds. The van der Waals surface area contributed by atoms with Gasteiger partial charge in [0.2, 0.25) is 6.73 Å². The van der Waals surface area contributed by atoms with Crippen LogP contribution in [0.3, 0.4) is 0 Å². The van der Waals surface area contributed by atoms with Gasteiger partial charge in [-0.2, -0.15) is 0 Å². The van der Waals surface area contributed by atoms with Gasteiger partial charge in [0.1, 0.15) is 12.4 Å². The van der Waals surface area contributed by atoms with Gasteiger partial charge in [0.25, 0.3) is 5.91 Å². The van der Waals surface area contributed by atoms with Gasteiger partial charge < -0.3 is 20.1 Å². The molecule has 1 aromatic carbocycles. The first-order chi connectivity index (χ1) is 17.2. The molecule has 3 rings (SSSR count). The minimum atomic E-state index is -0.774. The minimum Gasteiger partial charge on any atom is -0.460 e. The third kappa shape index (κ3) is 7.13. The number of likely N-dealkylation sites (N-methyl/N-ethyl adjacent to an activating group) is 1. The summed E-state index contributed by atoms with van der Waals surface area (Å²) in [6.07, 6.45) is 0.714. The van der Waals surface area contributed by atoms with Gasteiger partial charge in [0, 0.05) is 23.8 Å². The molecule has 2 N–H and O–H groups in total. The molecule has 12 nitrogen and oxygen atoms in total. The minimum absolute atomic E-state index is 0.0483. The van der Waals surface area contributed by atoms with E-state index in [1.807, 2.05) is 0 Å². The monoisotopic (exact) mass is 599 g/mol. The van der Waals surface area contributed by atoms with Crippen LogP contribution in [0.15, 0.2) is 41.1 Å². The van der Waals surface area contributed by atoms with Crippen molar-refractivity contribution in [3.63, 3.8) is 0 Å². The molecule has 3 aromatic rings. The number of rotatable bonds is 9. The van der Waals surface area contributed by atoms with Crippen LogP contribution in [0, 0.1) is 0 Å². The Morgan fingerprint density at radius 1 is 1.17 bits per heavy atom. The highest BCUT2D eigenvalue weighted by atomic mass is 79.9. The zero-order valence-corrected chi connectivity index (χ0v) is 22.1. The lowest BCUT2D eigenvalue weighted by Gasteiger charge is -2.18. The fraction of sp³-hybridized carbons (Fsp3) is 0.238. The van der Waals surface area contributed by atoms with Gasteiger partial charge in [-0.15, -0.1) is 15.0 Å². The van der Waals surface area contributed by atoms with E-state index in [4.69, 9.17) is 32.7 Å². The molecule has 0 aliphatic carbocycles. The van der Waals surface area contributed by atoms with Gasteiger partial charge in [0.15, 0.2) is 10.3 Å². The van der Waals surface area contributed by atoms with Crippen molar-refractivity contribution in [3.05, 3.63) is 62.4 Å². The van der Waals surface area contributed by atoms with Crippen molar-refractivity contribution in [2.45, 2.75) is 13.3 Å². The topological polar surface area (TPSA) is 141 Å². The second-order valence-electron chi connectivity index (χ2n) is 7.07. The van der Waals surface area contributed by atoms with Crippen molar-refractivity contribution < 1.29 is 23.9 Å². The summed E-state index contributed by atoms with van der Waals surface area (Å²) >= 11 is 15.1. The standard InChI is InChI=1S/C21H20BrCl2N7O5/c1-25-9-16(32)35-10-12-4-3-7-26-19(12)30(2)21(34)36-11-31-28-17(18(22)29-31)20(33)27-15-6-5-13(23)8-14(15)24/h3-8,25H,9-11H2,1-2H3,(H,27,33). The number of carbonyl (C=O) groups is 3. The molecule has 15 heteroatoms. The van der Waals surface area contributed by atoms with Crippen molar-refractivity contribution in [1.29, 1.82) is 0 Å². The van der Waals surface area contributed by atoms with Crippen LogP contribution in [-0.2, 0) is 27.6 Å². The van der Waals surface area contributed by atoms with E-state index in [0.717, 1.165) is 9.70 Å². The van der Waals surface area contributed by atoms with E-state index in [-0.39, 0.29) is 34.3 Å². The number of nitrogens with one attached hydrogen (secondary N) is 2. The maximum absolute atomic E-state index is 12.6. The second-order valence-corrected chi connectivity index (χ2v) is 8.66. The Bertz CT molecular complexity index is 1270. The third-order valence-corrected chi connectivity index (χ3v) is 5.56. The Balaban J connectivity index is 1.62. The van der Waals surface area contributed by atoms with Crippen molar-refractivity contribution in [1.82, 2.24) is 25.3 Å². The predicted molar refractivity (Wildman–Crippen MR) is 135 cm³/mol. The summed E-state index contributed by atoms with van der Waals surface area (Å²) in [4.78, 5) is 43.2. The van der Waals surface area contributed by atoms with E-state index < -0.39 is 24.7 Å². The Morgan fingerprint density at radius 2 is 1.94 bits per heavy atom. The van der Waals surface area contributed by atoms with E-state index in [2.05, 4.69) is 41.7 Å². The zero-order chi connectivity index (χ0) is 26.2. The Kier molecular flexibility index (Phi) is 9.58. The number of ether oxygens (including phenoxy) is 2. The molecular weight excluding hydrogens is 581 g/mol. The molecule has 0 atom stereocenters. The van der Waals surface area contributed by atoms with E-state index in [9.17, 15) is 14.4 Å². The fourth-order valence-electron chi connectivity index (χ4n) is 2.79. The first-order valence-corrected chi connectivity index (χ1v) is 11.8. The first kappa shape index (κ1) is 27.3. The molecule has 0 saturated heterocycles. The van der Waals surface area contributed by atoms with Crippen molar-refractivity contribution in [2.75, 3.05) is 30.9 Å². The van der Waals surface area contributed by atoms with Gasteiger partial charge in [0.05, 0.1) is 17.3 Å². The molecule has 2 heterocycles. The molecule has 0 unspecified atom stereocenters. The first-order valence-electron chi connectivity index (χ1n) is 10.2. The van der Waals surface area contributed by atoms with Gasteiger partial charge in [-0.25, -0.2) is 9.78 Å². The summed E-state index contributed by atoms with van der Waals surface area (Å²) in [6.45, 7) is -0.423. The van der Waals surface area contributed by atoms with Crippen LogP contribution in [0.1, 0.15) is 16.1 Å². The lowest BCUT2D eigenvalue weighted by Crippen LogP contribution is -2.30. The number of carbonyl (C=O) groups excluding carboxylic acids is 3. The molecule has 0 spiro atoms. The fourth-order valence-corrected chi connectivity index (χ4v) is 3.69. The number of anilines is 2. The summed E-state index contributed by atoms with van der Waals surface area (Å²) in [6, 6.07) is 7.93. The highest BCUT2D eigenvalue weighted by Crippen LogP contribution is 2.26. The highest BCUT2D eigenvalue weighted by molar-refractivity contribution is 9.10. The van der Waals surface area contributed by atoms with E-state index in [1.54, 1.807) is 31.3 Å². The highest BCUT2D eigenvalue weighted by Gasteiger charge is 2.21. The number of benzene rings is 1. The van der Waals surface area contributed by atoms with Gasteiger partial charge in [-0.05, 0) is 47.2 Å². The summed E-state index contributed by atoms with van der Waals surface area (Å²) in [7, 11) is 3.07. The Hall–Kier alpha value is -3.26. The van der Waals surface area contributed by atoms with Crippen molar-refractivity contribution in [2.24, 2.45) is 0 Å². The van der Waals surface area contributed by atoms with Crippen LogP contribution in [0.25, 0.3) is 0 Å². The van der Waals surface area contributed by atoms with Gasteiger partial charge in [-0.3, -0.25) is 14.5 Å². The number of aromatic nitrogens is 4. The number of amides is 2. The van der Waals surface area contributed by atoms with Crippen LogP contribution in [0.5, 0.6) is 0 Å². The number of halogens is 3. The number of hydrogen-bond acceptors (Lipinski definition) is 9. The smallest absolute Gasteiger partial charge is 0.417 e. The largest absolute Gasteiger partial charge is 0.460 e. The lowest BCUT2D eigenvalue weighted by atomic mass is 10.2. The lowest BCUT2D eigenvalue weighted by molar-refractivity contribution is -0.143. The third-order valence-electron chi connectivity index (χ3n) is 4.48. The van der Waals surface area contributed by atoms with Crippen molar-refractivity contribution in [3.8, 4) is 0 Å². The molecule has 2 aromatic heterocycles. The molecule has 0 aliphatic rings. The molecule has 0 saturated carbocycles. The zero-order valence-electron chi connectivity index (χ0n) is 19.0. The summed E-state index contributed by atoms with van der Waals surface area (Å²) in [5.74, 6) is -0.799. The number of pyridine rings is 1. The van der Waals surface area contributed by atoms with Crippen LogP contribution in [0.4, 0.5) is 16.3 Å². The predicted octanol–water partition coefficient (Wildman–Crippen LogP) is 3.49. The normalized spacial score (nSPS) is 10.6. The molecule has 190 valence electrons. The average molecular weight is 601 g/mol. The Labute approximate surface area is 224 Å². The summed E-state index contributed by atoms with van der Waals surface area (Å²) in [5.41, 5.74) is 0.783. The van der Waals surface area contributed by atoms with Crippen molar-refractivity contribution >= 4 is 68.6 Å². The summed E-state index contributed by atoms with van der Waals surface area (Å²) < 4.78 is 10.5. The average Bonchev–Trinajstić information content (AvgIpc) is 3.23. The number of hydrogen-bond donors (Lipinski definition) is 2. The van der Waals surface area contributed by atoms with Gasteiger partial charge >= 0.3 is 12.1 Å². The maximum Gasteiger partial charge on any atom is 0.417 e. The summed E-state index contributed by atoms with van der Waals surface area (Å²) in [5, 5.41) is 14.0. The van der Waals surface area contributed by atoms with Crippen LogP contribution in [-0.4, -0.2) is 58.6 Å². The number of nitrogens with zero attached hydrogens (tertiary/aromatic N) is 5. The SMILES string of the molecule is CNCC(=O)OCc1cccnc1N(C)C(=O)OCn1nc(Br)c(C(=O)Nc2ccc(Cl)cc2Cl)n1. The number of esters is 1. The molecule has 0 radical (unpaired) electrons. The maximum atomic E-state index is 12.6. The molecule has 0 bridgehead atoms. The van der Waals surface area contributed by atoms with Gasteiger partial charge in [-0.1, -0.05) is 29.3 Å². The molecule has 36 heavy (non-hydrogen) atoms. The van der Waals surface area contributed by atoms with E-state index in [1.165, 1.54) is 19.3 Å². The quantitative estimate of drug-likeness (QED) is 0.353. The molecule has 0 aliphatic heterocycles. The molecule has 0 fully saturated rings. The molecular formula is C21H20BrCl2N7O5. The Morgan fingerprint density at radius 3 is 2.67 bits per heavy atom. The van der Waals surface area contributed by atoms with Crippen LogP contribution < -0.4 is 15.5 Å².